The van der Waals surface area contributed by atoms with E-state index in [1.165, 1.54) is 10.2 Å². The molecule has 110 valence electrons. The van der Waals surface area contributed by atoms with Gasteiger partial charge in [-0.05, 0) is 18.2 Å². The van der Waals surface area contributed by atoms with E-state index in [1.54, 1.807) is 54.6 Å². The number of benzene rings is 2. The summed E-state index contributed by atoms with van der Waals surface area (Å²) in [5.41, 5.74) is 1.28. The number of hydrogen-bond acceptors (Lipinski definition) is 3. The van der Waals surface area contributed by atoms with Gasteiger partial charge < -0.3 is 0 Å². The van der Waals surface area contributed by atoms with Crippen molar-refractivity contribution in [2.24, 2.45) is 0 Å². The predicted molar refractivity (Wildman–Crippen MR) is 86.1 cm³/mol. The second kappa shape index (κ2) is 5.27. The van der Waals surface area contributed by atoms with Crippen LogP contribution < -0.4 is 0 Å². The topological polar surface area (TPSA) is 56.1 Å². The molecule has 0 saturated carbocycles. The number of aldehydes is 1. The van der Waals surface area contributed by atoms with Gasteiger partial charge in [0.25, 0.3) is 10.0 Å². The zero-order chi connectivity index (χ0) is 15.7. The van der Waals surface area contributed by atoms with Crippen LogP contribution in [-0.4, -0.2) is 18.7 Å². The summed E-state index contributed by atoms with van der Waals surface area (Å²) in [7, 11) is -3.73. The van der Waals surface area contributed by atoms with E-state index in [4.69, 9.17) is 0 Å². The molecule has 0 N–H and O–H groups in total. The van der Waals surface area contributed by atoms with Gasteiger partial charge in [-0.3, -0.25) is 4.79 Å². The fraction of sp³-hybridized carbons (Fsp3) is 0. The van der Waals surface area contributed by atoms with Crippen molar-refractivity contribution in [3.63, 3.8) is 0 Å². The first-order chi connectivity index (χ1) is 10.6. The predicted octanol–water partition coefficient (Wildman–Crippen LogP) is 3.09. The molecule has 1 heterocycles. The van der Waals surface area contributed by atoms with Gasteiger partial charge in [0.1, 0.15) is 6.29 Å². The Morgan fingerprint density at radius 1 is 1.00 bits per heavy atom. The Kier molecular flexibility index (Phi) is 3.42. The van der Waals surface area contributed by atoms with Crippen molar-refractivity contribution in [1.29, 1.82) is 0 Å². The molecule has 0 saturated heterocycles. The minimum Gasteiger partial charge on any atom is -0.298 e. The number of nitrogens with zero attached hydrogens (tertiary/aromatic N) is 1. The molecule has 0 aliphatic carbocycles. The Hall–Kier alpha value is -2.66. The summed E-state index contributed by atoms with van der Waals surface area (Å²) >= 11 is 0. The van der Waals surface area contributed by atoms with Crippen LogP contribution in [0.25, 0.3) is 16.5 Å². The first-order valence-corrected chi connectivity index (χ1v) is 8.05. The smallest absolute Gasteiger partial charge is 0.268 e. The van der Waals surface area contributed by atoms with Gasteiger partial charge >= 0.3 is 0 Å². The van der Waals surface area contributed by atoms with E-state index in [-0.39, 0.29) is 10.5 Å². The summed E-state index contributed by atoms with van der Waals surface area (Å²) in [4.78, 5) is 11.2. The van der Waals surface area contributed by atoms with Crippen molar-refractivity contribution in [2.75, 3.05) is 0 Å². The van der Waals surface area contributed by atoms with Crippen LogP contribution in [0.5, 0.6) is 0 Å². The van der Waals surface area contributed by atoms with Crippen molar-refractivity contribution in [3.05, 3.63) is 72.9 Å². The van der Waals surface area contributed by atoms with Crippen molar-refractivity contribution in [1.82, 2.24) is 3.97 Å². The summed E-state index contributed by atoms with van der Waals surface area (Å²) < 4.78 is 26.8. The Bertz CT molecular complexity index is 970. The van der Waals surface area contributed by atoms with Crippen LogP contribution in [0.2, 0.25) is 0 Å². The number of allylic oxidation sites excluding steroid dienone is 1. The van der Waals surface area contributed by atoms with E-state index < -0.39 is 10.0 Å². The van der Waals surface area contributed by atoms with Gasteiger partial charge in [-0.2, -0.15) is 0 Å². The average Bonchev–Trinajstić information content (AvgIpc) is 2.95. The minimum absolute atomic E-state index is 0.194. The number of hydrogen-bond donors (Lipinski definition) is 0. The normalized spacial score (nSPS) is 11.5. The molecule has 4 nitrogen and oxygen atoms in total. The van der Waals surface area contributed by atoms with Gasteiger partial charge in [-0.25, -0.2) is 12.4 Å². The number of aromatic nitrogens is 1. The monoisotopic (exact) mass is 311 g/mol. The van der Waals surface area contributed by atoms with E-state index >= 15 is 0 Å². The third kappa shape index (κ3) is 2.16. The highest BCUT2D eigenvalue weighted by Gasteiger charge is 2.21. The molecule has 0 radical (unpaired) electrons. The fourth-order valence-corrected chi connectivity index (χ4v) is 3.76. The summed E-state index contributed by atoms with van der Waals surface area (Å²) in [6.07, 6.45) is 2.07. The molecule has 0 atom stereocenters. The molecule has 0 amide bonds. The van der Waals surface area contributed by atoms with Gasteiger partial charge in [0.15, 0.2) is 0 Å². The van der Waals surface area contributed by atoms with E-state index in [2.05, 4.69) is 6.58 Å². The Labute approximate surface area is 128 Å². The Balaban J connectivity index is 2.33. The standard InChI is InChI=1S/C17H13NO3S/c1-13(12-19)16-11-18(17-10-6-5-9-15(16)17)22(20,21)14-7-3-2-4-8-14/h2-12H,1H2. The van der Waals surface area contributed by atoms with Crippen LogP contribution >= 0.6 is 0 Å². The first kappa shape index (κ1) is 14.3. The van der Waals surface area contributed by atoms with Crippen molar-refractivity contribution >= 4 is 32.8 Å². The largest absolute Gasteiger partial charge is 0.298 e. The fourth-order valence-electron chi connectivity index (χ4n) is 2.37. The Morgan fingerprint density at radius 3 is 2.32 bits per heavy atom. The molecular weight excluding hydrogens is 298 g/mol. The van der Waals surface area contributed by atoms with Crippen LogP contribution in [0, 0.1) is 0 Å². The summed E-state index contributed by atoms with van der Waals surface area (Å²) in [5.74, 6) is 0. The lowest BCUT2D eigenvalue weighted by Crippen LogP contribution is -2.11. The summed E-state index contributed by atoms with van der Waals surface area (Å²) in [6.45, 7) is 3.69. The maximum Gasteiger partial charge on any atom is 0.268 e. The van der Waals surface area contributed by atoms with Crippen LogP contribution in [-0.2, 0) is 14.8 Å². The quantitative estimate of drug-likeness (QED) is 0.549. The molecular formula is C17H13NO3S. The molecule has 5 heteroatoms. The minimum atomic E-state index is -3.73. The second-order valence-corrected chi connectivity index (χ2v) is 6.63. The lowest BCUT2D eigenvalue weighted by molar-refractivity contribution is -0.103. The van der Waals surface area contributed by atoms with E-state index in [1.807, 2.05) is 0 Å². The molecule has 0 unspecified atom stereocenters. The highest BCUT2D eigenvalue weighted by Crippen LogP contribution is 2.28. The highest BCUT2D eigenvalue weighted by atomic mass is 32.2. The number of rotatable bonds is 4. The van der Waals surface area contributed by atoms with E-state index in [9.17, 15) is 13.2 Å². The lowest BCUT2D eigenvalue weighted by atomic mass is 10.1. The van der Waals surface area contributed by atoms with Crippen molar-refractivity contribution in [3.8, 4) is 0 Å². The maximum absolute atomic E-state index is 12.8. The van der Waals surface area contributed by atoms with Crippen molar-refractivity contribution < 1.29 is 13.2 Å². The zero-order valence-electron chi connectivity index (χ0n) is 11.6. The van der Waals surface area contributed by atoms with Gasteiger partial charge in [-0.1, -0.05) is 43.0 Å². The van der Waals surface area contributed by atoms with E-state index in [0.29, 0.717) is 22.8 Å². The van der Waals surface area contributed by atoms with Crippen LogP contribution in [0.3, 0.4) is 0 Å². The maximum atomic E-state index is 12.8. The van der Waals surface area contributed by atoms with Gasteiger partial charge in [0.2, 0.25) is 0 Å². The number of para-hydroxylation sites is 1. The number of carbonyl (C=O) groups excluding carboxylic acids is 1. The third-order valence-corrected chi connectivity index (χ3v) is 5.15. The van der Waals surface area contributed by atoms with Crippen LogP contribution in [0.1, 0.15) is 5.56 Å². The Morgan fingerprint density at radius 2 is 1.64 bits per heavy atom. The van der Waals surface area contributed by atoms with Gasteiger partial charge in [-0.15, -0.1) is 0 Å². The lowest BCUT2D eigenvalue weighted by Gasteiger charge is -2.07. The average molecular weight is 311 g/mol. The molecule has 0 bridgehead atoms. The molecule has 0 fully saturated rings. The molecule has 22 heavy (non-hydrogen) atoms. The second-order valence-electron chi connectivity index (χ2n) is 4.82. The molecule has 0 aliphatic heterocycles. The molecule has 0 aliphatic rings. The van der Waals surface area contributed by atoms with Crippen molar-refractivity contribution in [2.45, 2.75) is 4.90 Å². The SMILES string of the molecule is C=C(C=O)c1cn(S(=O)(=O)c2ccccc2)c2ccccc12. The molecule has 2 aromatic carbocycles. The molecule has 0 spiro atoms. The molecule has 3 aromatic rings. The highest BCUT2D eigenvalue weighted by molar-refractivity contribution is 7.90. The molecule has 1 aromatic heterocycles. The first-order valence-electron chi connectivity index (χ1n) is 6.61. The summed E-state index contributed by atoms with van der Waals surface area (Å²) in [6, 6.07) is 15.2. The number of carbonyl (C=O) groups is 1. The van der Waals surface area contributed by atoms with Crippen LogP contribution in [0.4, 0.5) is 0 Å². The van der Waals surface area contributed by atoms with Crippen LogP contribution in [0.15, 0.2) is 72.3 Å². The summed E-state index contributed by atoms with van der Waals surface area (Å²) in [5, 5.41) is 0.680. The van der Waals surface area contributed by atoms with E-state index in [0.717, 1.165) is 0 Å². The van der Waals surface area contributed by atoms with Gasteiger partial charge in [0.05, 0.1) is 10.4 Å². The third-order valence-electron chi connectivity index (χ3n) is 3.47. The number of fused-ring (bicyclic) bond motifs is 1. The molecule has 3 rings (SSSR count). The van der Waals surface area contributed by atoms with Gasteiger partial charge in [0, 0.05) is 22.7 Å². The zero-order valence-corrected chi connectivity index (χ0v) is 12.5.